The van der Waals surface area contributed by atoms with Crippen molar-refractivity contribution in [2.24, 2.45) is 5.73 Å². The van der Waals surface area contributed by atoms with Crippen LogP contribution in [0.25, 0.3) is 0 Å². The number of nitrogens with two attached hydrogens (primary N) is 1. The van der Waals surface area contributed by atoms with Gasteiger partial charge in [-0.05, 0) is 18.4 Å². The van der Waals surface area contributed by atoms with Crippen LogP contribution < -0.4 is 10.6 Å². The molecule has 0 fully saturated rings. The molecule has 0 saturated heterocycles. The van der Waals surface area contributed by atoms with Gasteiger partial charge in [0.1, 0.15) is 4.99 Å². The van der Waals surface area contributed by atoms with Crippen LogP contribution in [0.1, 0.15) is 12.0 Å². The highest BCUT2D eigenvalue weighted by Gasteiger charge is 2.14. The summed E-state index contributed by atoms with van der Waals surface area (Å²) in [6, 6.07) is 5.89. The van der Waals surface area contributed by atoms with Gasteiger partial charge in [0.25, 0.3) is 0 Å². The van der Waals surface area contributed by atoms with Gasteiger partial charge in [0.2, 0.25) is 0 Å². The summed E-state index contributed by atoms with van der Waals surface area (Å²) in [4.78, 5) is 14.6. The molecular weight excluding hydrogens is 280 g/mol. The van der Waals surface area contributed by atoms with Gasteiger partial charge >= 0.3 is 5.97 Å². The number of carbonyl (C=O) groups excluding carboxylic acids is 1. The number of ether oxygens (including phenoxy) is 1. The molecule has 1 aromatic rings. The number of nitrogens with zero attached hydrogens (tertiary/aromatic N) is 1. The maximum absolute atomic E-state index is 11.2. The van der Waals surface area contributed by atoms with Gasteiger partial charge in [-0.2, -0.15) is 0 Å². The lowest BCUT2D eigenvalue weighted by atomic mass is 10.1. The summed E-state index contributed by atoms with van der Waals surface area (Å²) in [6.07, 6.45) is 2.31. The number of methoxy groups -OCH3 is 1. The van der Waals surface area contributed by atoms with E-state index in [9.17, 15) is 4.79 Å². The van der Waals surface area contributed by atoms with Crippen LogP contribution in [0.3, 0.4) is 0 Å². The van der Waals surface area contributed by atoms with Crippen molar-refractivity contribution in [1.82, 2.24) is 0 Å². The zero-order chi connectivity index (χ0) is 14.4. The molecular formula is C13H18N2O2S2. The SMILES string of the molecule is COC(=O)CCN(C)c1cccc(SC)c1C(N)=S. The van der Waals surface area contributed by atoms with E-state index in [2.05, 4.69) is 4.74 Å². The number of esters is 1. The van der Waals surface area contributed by atoms with Crippen molar-refractivity contribution in [1.29, 1.82) is 0 Å². The Hall–Kier alpha value is -1.27. The Morgan fingerprint density at radius 3 is 2.74 bits per heavy atom. The van der Waals surface area contributed by atoms with Gasteiger partial charge in [0, 0.05) is 29.7 Å². The first kappa shape index (κ1) is 15.8. The summed E-state index contributed by atoms with van der Waals surface area (Å²) in [5, 5.41) is 0. The Bertz CT molecular complexity index is 478. The number of thioether (sulfide) groups is 1. The van der Waals surface area contributed by atoms with E-state index >= 15 is 0 Å². The monoisotopic (exact) mass is 298 g/mol. The lowest BCUT2D eigenvalue weighted by Gasteiger charge is -2.23. The summed E-state index contributed by atoms with van der Waals surface area (Å²) in [5.41, 5.74) is 7.60. The number of thiocarbonyl (C=S) groups is 1. The predicted octanol–water partition coefficient (Wildman–Crippen LogP) is 2.04. The number of carbonyl (C=O) groups is 1. The van der Waals surface area contributed by atoms with Crippen LogP contribution in [0.5, 0.6) is 0 Å². The third kappa shape index (κ3) is 4.11. The summed E-state index contributed by atoms with van der Waals surface area (Å²) in [7, 11) is 3.29. The summed E-state index contributed by atoms with van der Waals surface area (Å²) in [6.45, 7) is 0.556. The molecule has 1 rings (SSSR count). The lowest BCUT2D eigenvalue weighted by molar-refractivity contribution is -0.140. The van der Waals surface area contributed by atoms with Gasteiger partial charge < -0.3 is 15.4 Å². The number of hydrogen-bond acceptors (Lipinski definition) is 5. The van der Waals surface area contributed by atoms with E-state index in [4.69, 9.17) is 18.0 Å². The number of anilines is 1. The van der Waals surface area contributed by atoms with Crippen molar-refractivity contribution in [3.8, 4) is 0 Å². The van der Waals surface area contributed by atoms with Crippen LogP contribution >= 0.6 is 24.0 Å². The first-order chi connectivity index (χ1) is 9.01. The third-order valence-corrected chi connectivity index (χ3v) is 3.74. The number of hydrogen-bond donors (Lipinski definition) is 1. The minimum absolute atomic E-state index is 0.232. The molecule has 0 radical (unpaired) electrons. The topological polar surface area (TPSA) is 55.6 Å². The molecule has 0 heterocycles. The molecule has 0 aliphatic heterocycles. The third-order valence-electron chi connectivity index (χ3n) is 2.76. The molecule has 19 heavy (non-hydrogen) atoms. The summed E-state index contributed by atoms with van der Waals surface area (Å²) < 4.78 is 4.64. The smallest absolute Gasteiger partial charge is 0.307 e. The average molecular weight is 298 g/mol. The first-order valence-electron chi connectivity index (χ1n) is 5.76. The Morgan fingerprint density at radius 2 is 2.21 bits per heavy atom. The molecule has 0 bridgehead atoms. The molecule has 0 saturated carbocycles. The Morgan fingerprint density at radius 1 is 1.53 bits per heavy atom. The molecule has 0 spiro atoms. The van der Waals surface area contributed by atoms with Crippen LogP contribution in [0.2, 0.25) is 0 Å². The van der Waals surface area contributed by atoms with Gasteiger partial charge in [-0.15, -0.1) is 11.8 Å². The molecule has 0 aliphatic rings. The molecule has 0 atom stereocenters. The summed E-state index contributed by atoms with van der Waals surface area (Å²) >= 11 is 6.73. The molecule has 104 valence electrons. The van der Waals surface area contributed by atoms with Gasteiger partial charge in [-0.3, -0.25) is 4.79 Å². The van der Waals surface area contributed by atoms with Gasteiger partial charge in [-0.1, -0.05) is 18.3 Å². The molecule has 0 aliphatic carbocycles. The minimum Gasteiger partial charge on any atom is -0.469 e. The van der Waals surface area contributed by atoms with Crippen LogP contribution in [0, 0.1) is 0 Å². The normalized spacial score (nSPS) is 10.1. The largest absolute Gasteiger partial charge is 0.469 e. The zero-order valence-corrected chi connectivity index (χ0v) is 12.9. The fraction of sp³-hybridized carbons (Fsp3) is 0.385. The molecule has 0 unspecified atom stereocenters. The Kier molecular flexibility index (Phi) is 6.11. The highest BCUT2D eigenvalue weighted by atomic mass is 32.2. The maximum atomic E-state index is 11.2. The molecule has 6 heteroatoms. The van der Waals surface area contributed by atoms with E-state index in [1.807, 2.05) is 36.4 Å². The predicted molar refractivity (Wildman–Crippen MR) is 84.0 cm³/mol. The lowest BCUT2D eigenvalue weighted by Crippen LogP contribution is -2.25. The molecule has 4 nitrogen and oxygen atoms in total. The molecule has 0 aromatic heterocycles. The van der Waals surface area contributed by atoms with E-state index in [-0.39, 0.29) is 5.97 Å². The first-order valence-corrected chi connectivity index (χ1v) is 7.39. The van der Waals surface area contributed by atoms with E-state index in [1.165, 1.54) is 7.11 Å². The Balaban J connectivity index is 2.99. The van der Waals surface area contributed by atoms with Crippen molar-refractivity contribution in [3.05, 3.63) is 23.8 Å². The van der Waals surface area contributed by atoms with Gasteiger partial charge in [0.05, 0.1) is 13.5 Å². The van der Waals surface area contributed by atoms with Crippen LogP contribution in [0.4, 0.5) is 5.69 Å². The van der Waals surface area contributed by atoms with Crippen LogP contribution in [0.15, 0.2) is 23.1 Å². The van der Waals surface area contributed by atoms with Gasteiger partial charge in [0.15, 0.2) is 0 Å². The van der Waals surface area contributed by atoms with E-state index in [0.717, 1.165) is 16.1 Å². The Labute approximate surface area is 123 Å². The van der Waals surface area contributed by atoms with E-state index < -0.39 is 0 Å². The zero-order valence-electron chi connectivity index (χ0n) is 11.3. The molecule has 1 aromatic carbocycles. The van der Waals surface area contributed by atoms with Crippen LogP contribution in [-0.2, 0) is 9.53 Å². The average Bonchev–Trinajstić information content (AvgIpc) is 2.42. The van der Waals surface area contributed by atoms with E-state index in [1.54, 1.807) is 11.8 Å². The minimum atomic E-state index is -0.232. The summed E-state index contributed by atoms with van der Waals surface area (Å²) in [5.74, 6) is -0.232. The molecule has 0 amide bonds. The number of benzene rings is 1. The fourth-order valence-electron chi connectivity index (χ4n) is 1.74. The maximum Gasteiger partial charge on any atom is 0.307 e. The van der Waals surface area contributed by atoms with E-state index in [0.29, 0.717) is 18.0 Å². The van der Waals surface area contributed by atoms with Gasteiger partial charge in [-0.25, -0.2) is 0 Å². The quantitative estimate of drug-likeness (QED) is 0.493. The second-order valence-corrected chi connectivity index (χ2v) is 5.25. The van der Waals surface area contributed by atoms with Crippen molar-refractivity contribution >= 4 is 40.6 Å². The molecule has 2 N–H and O–H groups in total. The van der Waals surface area contributed by atoms with Crippen molar-refractivity contribution in [2.45, 2.75) is 11.3 Å². The highest BCUT2D eigenvalue weighted by molar-refractivity contribution is 7.98. The second-order valence-electron chi connectivity index (χ2n) is 3.97. The fourth-order valence-corrected chi connectivity index (χ4v) is 2.65. The van der Waals surface area contributed by atoms with Crippen molar-refractivity contribution in [3.63, 3.8) is 0 Å². The van der Waals surface area contributed by atoms with Crippen molar-refractivity contribution < 1.29 is 9.53 Å². The van der Waals surface area contributed by atoms with Crippen LogP contribution in [-0.4, -0.2) is 37.9 Å². The highest BCUT2D eigenvalue weighted by Crippen LogP contribution is 2.29. The van der Waals surface area contributed by atoms with Crippen molar-refractivity contribution in [2.75, 3.05) is 31.9 Å². The second kappa shape index (κ2) is 7.35. The number of rotatable bonds is 6. The standard InChI is InChI=1S/C13H18N2O2S2/c1-15(8-7-11(16)17-2)9-5-4-6-10(19-3)12(9)13(14)18/h4-6H,7-8H2,1-3H3,(H2,14,18).